The van der Waals surface area contributed by atoms with Gasteiger partial charge >= 0.3 is 6.18 Å². The summed E-state index contributed by atoms with van der Waals surface area (Å²) < 4.78 is 37.0. The molecule has 0 radical (unpaired) electrons. The van der Waals surface area contributed by atoms with Crippen molar-refractivity contribution >= 4 is 10.9 Å². The van der Waals surface area contributed by atoms with Crippen LogP contribution in [0.2, 0.25) is 0 Å². The predicted octanol–water partition coefficient (Wildman–Crippen LogP) is 2.29. The molecule has 0 fully saturated rings. The minimum absolute atomic E-state index is 0.127. The highest BCUT2D eigenvalue weighted by Crippen LogP contribution is 2.33. The number of aromatic amines is 1. The fourth-order valence-corrected chi connectivity index (χ4v) is 1.21. The number of benzene rings is 1. The third-order valence-electron chi connectivity index (χ3n) is 1.82. The third-order valence-corrected chi connectivity index (χ3v) is 1.82. The Hall–Kier alpha value is -1.72. The molecule has 0 aliphatic carbocycles. The molecule has 0 saturated heterocycles. The third kappa shape index (κ3) is 1.28. The number of fused-ring (bicyclic) bond motifs is 1. The first-order valence-corrected chi connectivity index (χ1v) is 3.73. The van der Waals surface area contributed by atoms with Crippen molar-refractivity contribution in [1.82, 2.24) is 10.2 Å². The number of aromatic nitrogens is 2. The first kappa shape index (κ1) is 8.86. The molecule has 0 spiro atoms. The molecule has 2 N–H and O–H groups in total. The van der Waals surface area contributed by atoms with Crippen molar-refractivity contribution in [2.75, 3.05) is 0 Å². The largest absolute Gasteiger partial charge is 0.508 e. The summed E-state index contributed by atoms with van der Waals surface area (Å²) in [5.74, 6) is -0.218. The maximum atomic E-state index is 12.3. The minimum atomic E-state index is -4.48. The number of phenols is 1. The molecule has 0 unspecified atom stereocenters. The summed E-state index contributed by atoms with van der Waals surface area (Å²) in [4.78, 5) is 0. The van der Waals surface area contributed by atoms with Gasteiger partial charge in [0, 0.05) is 5.39 Å². The van der Waals surface area contributed by atoms with Gasteiger partial charge in [-0.2, -0.15) is 18.3 Å². The first-order chi connectivity index (χ1) is 6.48. The topological polar surface area (TPSA) is 48.9 Å². The molecule has 2 aromatic rings. The second-order valence-corrected chi connectivity index (χ2v) is 2.80. The molecule has 1 aromatic heterocycles. The van der Waals surface area contributed by atoms with Crippen LogP contribution in [0.1, 0.15) is 5.69 Å². The van der Waals surface area contributed by atoms with Crippen LogP contribution >= 0.6 is 0 Å². The molecule has 3 nitrogen and oxygen atoms in total. The second kappa shape index (κ2) is 2.63. The predicted molar refractivity (Wildman–Crippen MR) is 42.8 cm³/mol. The molecule has 0 saturated carbocycles. The lowest BCUT2D eigenvalue weighted by atomic mass is 10.2. The molecular formula is C8H5F3N2O. The van der Waals surface area contributed by atoms with E-state index < -0.39 is 11.9 Å². The number of hydrogen-bond acceptors (Lipinski definition) is 2. The molecule has 0 bridgehead atoms. The number of hydrogen-bond donors (Lipinski definition) is 2. The molecule has 14 heavy (non-hydrogen) atoms. The molecule has 1 heterocycles. The molecule has 0 atom stereocenters. The van der Waals surface area contributed by atoms with Crippen molar-refractivity contribution < 1.29 is 18.3 Å². The van der Waals surface area contributed by atoms with E-state index in [1.807, 2.05) is 5.10 Å². The highest BCUT2D eigenvalue weighted by Gasteiger charge is 2.34. The highest BCUT2D eigenvalue weighted by molar-refractivity contribution is 5.83. The molecule has 1 aromatic carbocycles. The average Bonchev–Trinajstić information content (AvgIpc) is 2.45. The first-order valence-electron chi connectivity index (χ1n) is 3.73. The zero-order valence-corrected chi connectivity index (χ0v) is 6.76. The van der Waals surface area contributed by atoms with Crippen LogP contribution in [0.25, 0.3) is 10.9 Å². The van der Waals surface area contributed by atoms with Gasteiger partial charge in [-0.05, 0) is 18.2 Å². The minimum Gasteiger partial charge on any atom is -0.508 e. The summed E-state index contributed by atoms with van der Waals surface area (Å²) in [5.41, 5.74) is -0.765. The Bertz CT molecular complexity index is 475. The van der Waals surface area contributed by atoms with Crippen molar-refractivity contribution in [3.05, 3.63) is 23.9 Å². The van der Waals surface area contributed by atoms with Crippen LogP contribution in [0.15, 0.2) is 18.2 Å². The maximum Gasteiger partial charge on any atom is 0.433 e. The number of aromatic hydroxyl groups is 1. The van der Waals surface area contributed by atoms with Crippen molar-refractivity contribution in [2.45, 2.75) is 6.18 Å². The fourth-order valence-electron chi connectivity index (χ4n) is 1.21. The van der Waals surface area contributed by atoms with Gasteiger partial charge in [0.05, 0.1) is 5.52 Å². The van der Waals surface area contributed by atoms with E-state index in [9.17, 15) is 13.2 Å². The highest BCUT2D eigenvalue weighted by atomic mass is 19.4. The summed E-state index contributed by atoms with van der Waals surface area (Å²) in [6.45, 7) is 0. The Morgan fingerprint density at radius 3 is 2.64 bits per heavy atom. The number of alkyl halides is 3. The van der Waals surface area contributed by atoms with E-state index in [0.29, 0.717) is 0 Å². The zero-order valence-electron chi connectivity index (χ0n) is 6.76. The SMILES string of the molecule is Oc1ccc2n[nH]c(C(F)(F)F)c2c1. The zero-order chi connectivity index (χ0) is 10.3. The summed E-state index contributed by atoms with van der Waals surface area (Å²) in [6.07, 6.45) is -4.48. The second-order valence-electron chi connectivity index (χ2n) is 2.80. The van der Waals surface area contributed by atoms with Crippen LogP contribution in [0, 0.1) is 0 Å². The Morgan fingerprint density at radius 1 is 1.29 bits per heavy atom. The molecular weight excluding hydrogens is 197 g/mol. The number of H-pyrrole nitrogens is 1. The van der Waals surface area contributed by atoms with E-state index in [1.54, 1.807) is 0 Å². The van der Waals surface area contributed by atoms with Gasteiger partial charge in [-0.25, -0.2) is 0 Å². The van der Waals surface area contributed by atoms with Crippen molar-refractivity contribution in [1.29, 1.82) is 0 Å². The van der Waals surface area contributed by atoms with E-state index in [4.69, 9.17) is 5.11 Å². The smallest absolute Gasteiger partial charge is 0.433 e. The summed E-state index contributed by atoms with van der Waals surface area (Å²) >= 11 is 0. The van der Waals surface area contributed by atoms with Crippen LogP contribution in [0.5, 0.6) is 5.75 Å². The lowest BCUT2D eigenvalue weighted by Gasteiger charge is -2.02. The Balaban J connectivity index is 2.73. The standard InChI is InChI=1S/C8H5F3N2O/c9-8(10,11)7-5-3-4(14)1-2-6(5)12-13-7/h1-3,14H,(H,12,13). The average molecular weight is 202 g/mol. The number of phenolic OH excluding ortho intramolecular Hbond substituents is 1. The molecule has 0 amide bonds. The van der Waals surface area contributed by atoms with Gasteiger partial charge in [0.2, 0.25) is 0 Å². The fraction of sp³-hybridized carbons (Fsp3) is 0.125. The number of nitrogens with one attached hydrogen (secondary N) is 1. The van der Waals surface area contributed by atoms with E-state index in [-0.39, 0.29) is 16.7 Å². The van der Waals surface area contributed by atoms with Crippen LogP contribution < -0.4 is 0 Å². The lowest BCUT2D eigenvalue weighted by molar-refractivity contribution is -0.139. The van der Waals surface area contributed by atoms with Crippen LogP contribution in [0.4, 0.5) is 13.2 Å². The quantitative estimate of drug-likeness (QED) is 0.688. The Morgan fingerprint density at radius 2 is 2.00 bits per heavy atom. The number of halogens is 3. The molecule has 74 valence electrons. The van der Waals surface area contributed by atoms with Crippen molar-refractivity contribution in [3.8, 4) is 5.75 Å². The summed E-state index contributed by atoms with van der Waals surface area (Å²) in [6, 6.07) is 3.63. The van der Waals surface area contributed by atoms with Crippen LogP contribution in [0.3, 0.4) is 0 Å². The van der Waals surface area contributed by atoms with E-state index in [2.05, 4.69) is 5.10 Å². The number of rotatable bonds is 0. The van der Waals surface area contributed by atoms with Crippen LogP contribution in [-0.4, -0.2) is 15.3 Å². The van der Waals surface area contributed by atoms with Gasteiger partial charge in [-0.1, -0.05) is 0 Å². The van der Waals surface area contributed by atoms with E-state index >= 15 is 0 Å². The normalized spacial score (nSPS) is 12.2. The van der Waals surface area contributed by atoms with Crippen molar-refractivity contribution in [2.24, 2.45) is 0 Å². The van der Waals surface area contributed by atoms with Crippen LogP contribution in [-0.2, 0) is 6.18 Å². The molecule has 0 aliphatic rings. The van der Waals surface area contributed by atoms with E-state index in [1.165, 1.54) is 12.1 Å². The van der Waals surface area contributed by atoms with Crippen molar-refractivity contribution in [3.63, 3.8) is 0 Å². The summed E-state index contributed by atoms with van der Waals surface area (Å²) in [5, 5.41) is 14.3. The van der Waals surface area contributed by atoms with Gasteiger partial charge in [-0.15, -0.1) is 0 Å². The Kier molecular flexibility index (Phi) is 1.67. The summed E-state index contributed by atoms with van der Waals surface area (Å²) in [7, 11) is 0. The molecule has 6 heteroatoms. The van der Waals surface area contributed by atoms with Gasteiger partial charge in [-0.3, -0.25) is 5.10 Å². The maximum absolute atomic E-state index is 12.3. The number of nitrogens with zero attached hydrogens (tertiary/aromatic N) is 1. The Labute approximate surface area is 76.2 Å². The molecule has 2 rings (SSSR count). The van der Waals surface area contributed by atoms with Gasteiger partial charge in [0.25, 0.3) is 0 Å². The monoisotopic (exact) mass is 202 g/mol. The van der Waals surface area contributed by atoms with E-state index in [0.717, 1.165) is 6.07 Å². The molecule has 0 aliphatic heterocycles. The van der Waals surface area contributed by atoms with Gasteiger partial charge in [0.1, 0.15) is 11.4 Å². The lowest BCUT2D eigenvalue weighted by Crippen LogP contribution is -2.05. The van der Waals surface area contributed by atoms with Gasteiger partial charge in [0.15, 0.2) is 0 Å². The van der Waals surface area contributed by atoms with Gasteiger partial charge < -0.3 is 5.11 Å².